The van der Waals surface area contributed by atoms with Crippen LogP contribution in [-0.4, -0.2) is 15.9 Å². The van der Waals surface area contributed by atoms with Crippen LogP contribution in [0.4, 0.5) is 11.6 Å². The summed E-state index contributed by atoms with van der Waals surface area (Å²) in [5, 5.41) is 22.1. The first-order valence-electron chi connectivity index (χ1n) is 5.01. The number of nitrogens with one attached hydrogen (secondary N) is 1. The van der Waals surface area contributed by atoms with Crippen LogP contribution in [0, 0.1) is 10.1 Å². The summed E-state index contributed by atoms with van der Waals surface area (Å²) < 4.78 is 4.74. The summed E-state index contributed by atoms with van der Waals surface area (Å²) >= 11 is 5.80. The molecule has 1 amide bonds. The molecule has 0 saturated carbocycles. The van der Waals surface area contributed by atoms with E-state index in [1.807, 2.05) is 0 Å². The van der Waals surface area contributed by atoms with Gasteiger partial charge in [0.2, 0.25) is 0 Å². The molecule has 19 heavy (non-hydrogen) atoms. The zero-order chi connectivity index (χ0) is 14.0. The molecule has 1 heterocycles. The minimum absolute atomic E-state index is 0.0448. The van der Waals surface area contributed by atoms with Crippen LogP contribution in [0.25, 0.3) is 0 Å². The Morgan fingerprint density at radius 2 is 2.11 bits per heavy atom. The molecule has 0 saturated heterocycles. The van der Waals surface area contributed by atoms with Crippen molar-refractivity contribution < 1.29 is 19.2 Å². The fourth-order valence-electron chi connectivity index (χ4n) is 1.34. The number of carbonyl (C=O) groups is 1. The second kappa shape index (κ2) is 4.99. The number of phenolic OH excluding ortho intramolecular Hbond substituents is 1. The maximum Gasteiger partial charge on any atom is 0.433 e. The van der Waals surface area contributed by atoms with Crippen molar-refractivity contribution in [2.45, 2.75) is 0 Å². The molecule has 0 radical (unpaired) electrons. The van der Waals surface area contributed by atoms with Crippen molar-refractivity contribution in [3.63, 3.8) is 0 Å². The van der Waals surface area contributed by atoms with Gasteiger partial charge in [-0.2, -0.15) is 0 Å². The average Bonchev–Trinajstić information content (AvgIpc) is 2.82. The van der Waals surface area contributed by atoms with Crippen LogP contribution >= 0.6 is 11.6 Å². The predicted octanol–water partition coefficient (Wildman–Crippen LogP) is 2.80. The first-order valence-corrected chi connectivity index (χ1v) is 5.39. The smallest absolute Gasteiger partial charge is 0.433 e. The van der Waals surface area contributed by atoms with E-state index in [1.54, 1.807) is 0 Å². The van der Waals surface area contributed by atoms with Gasteiger partial charge in [0, 0.05) is 6.07 Å². The summed E-state index contributed by atoms with van der Waals surface area (Å²) in [5.41, 5.74) is 0.253. The van der Waals surface area contributed by atoms with E-state index >= 15 is 0 Å². The summed E-state index contributed by atoms with van der Waals surface area (Å²) in [6, 6.07) is 6.25. The quantitative estimate of drug-likeness (QED) is 0.511. The molecule has 2 rings (SSSR count). The molecule has 0 aliphatic carbocycles. The third-order valence-electron chi connectivity index (χ3n) is 2.20. The maximum atomic E-state index is 11.7. The molecule has 0 spiro atoms. The predicted molar refractivity (Wildman–Crippen MR) is 66.4 cm³/mol. The van der Waals surface area contributed by atoms with Crippen molar-refractivity contribution in [3.8, 4) is 5.75 Å². The first kappa shape index (κ1) is 12.9. The molecule has 0 fully saturated rings. The highest BCUT2D eigenvalue weighted by molar-refractivity contribution is 6.34. The number of phenols is 1. The van der Waals surface area contributed by atoms with Crippen LogP contribution in [0.5, 0.6) is 5.75 Å². The number of hydrogen-bond donors (Lipinski definition) is 2. The standard InChI is InChI=1S/C11H7ClN2O5/c12-7-5-6(15)1-2-8(7)13-11(16)9-3-4-10(19-9)14(17)18/h1-5,15H,(H,13,16). The lowest BCUT2D eigenvalue weighted by Crippen LogP contribution is -2.11. The normalized spacial score (nSPS) is 10.2. The van der Waals surface area contributed by atoms with E-state index in [9.17, 15) is 14.9 Å². The van der Waals surface area contributed by atoms with E-state index in [4.69, 9.17) is 21.1 Å². The van der Waals surface area contributed by atoms with Gasteiger partial charge in [0.15, 0.2) is 5.76 Å². The summed E-state index contributed by atoms with van der Waals surface area (Å²) in [7, 11) is 0. The molecule has 2 aromatic rings. The van der Waals surface area contributed by atoms with Crippen molar-refractivity contribution in [3.05, 3.63) is 51.2 Å². The highest BCUT2D eigenvalue weighted by Crippen LogP contribution is 2.26. The van der Waals surface area contributed by atoms with Crippen molar-refractivity contribution >= 4 is 29.1 Å². The van der Waals surface area contributed by atoms with Gasteiger partial charge in [0.1, 0.15) is 10.7 Å². The van der Waals surface area contributed by atoms with Crippen molar-refractivity contribution in [2.75, 3.05) is 5.32 Å². The number of aromatic hydroxyl groups is 1. The van der Waals surface area contributed by atoms with E-state index in [0.717, 1.165) is 6.07 Å². The summed E-state index contributed by atoms with van der Waals surface area (Å²) in [6.07, 6.45) is 0. The van der Waals surface area contributed by atoms with Crippen LogP contribution in [-0.2, 0) is 0 Å². The van der Waals surface area contributed by atoms with Crippen molar-refractivity contribution in [2.24, 2.45) is 0 Å². The molecule has 0 unspecified atom stereocenters. The number of anilines is 1. The van der Waals surface area contributed by atoms with E-state index in [2.05, 4.69) is 5.32 Å². The van der Waals surface area contributed by atoms with Crippen LogP contribution in [0.15, 0.2) is 34.7 Å². The number of hydrogen-bond acceptors (Lipinski definition) is 5. The maximum absolute atomic E-state index is 11.7. The SMILES string of the molecule is O=C(Nc1ccc(O)cc1Cl)c1ccc([N+](=O)[O-])o1. The molecule has 0 aliphatic heterocycles. The first-order chi connectivity index (χ1) is 8.97. The van der Waals surface area contributed by atoms with Crippen LogP contribution < -0.4 is 5.32 Å². The number of rotatable bonds is 3. The molecule has 98 valence electrons. The summed E-state index contributed by atoms with van der Waals surface area (Å²) in [5.74, 6) is -1.46. The van der Waals surface area contributed by atoms with Gasteiger partial charge in [-0.25, -0.2) is 0 Å². The van der Waals surface area contributed by atoms with E-state index in [1.165, 1.54) is 24.3 Å². The van der Waals surface area contributed by atoms with Crippen molar-refractivity contribution in [1.29, 1.82) is 0 Å². The molecular weight excluding hydrogens is 276 g/mol. The van der Waals surface area contributed by atoms with Gasteiger partial charge >= 0.3 is 5.88 Å². The van der Waals surface area contributed by atoms with E-state index in [-0.39, 0.29) is 22.2 Å². The zero-order valence-electron chi connectivity index (χ0n) is 9.29. The third-order valence-corrected chi connectivity index (χ3v) is 2.51. The molecule has 2 N–H and O–H groups in total. The van der Waals surface area contributed by atoms with Crippen molar-refractivity contribution in [1.82, 2.24) is 0 Å². The lowest BCUT2D eigenvalue weighted by molar-refractivity contribution is -0.402. The Kier molecular flexibility index (Phi) is 3.39. The van der Waals surface area contributed by atoms with Gasteiger partial charge < -0.3 is 14.8 Å². The van der Waals surface area contributed by atoms with Crippen LogP contribution in [0.2, 0.25) is 5.02 Å². The summed E-state index contributed by atoms with van der Waals surface area (Å²) in [6.45, 7) is 0. The second-order valence-corrected chi connectivity index (χ2v) is 3.92. The monoisotopic (exact) mass is 282 g/mol. The second-order valence-electron chi connectivity index (χ2n) is 3.51. The van der Waals surface area contributed by atoms with Gasteiger partial charge in [0.25, 0.3) is 5.91 Å². The Hall–Kier alpha value is -2.54. The van der Waals surface area contributed by atoms with E-state index in [0.29, 0.717) is 0 Å². The Morgan fingerprint density at radius 3 is 2.68 bits per heavy atom. The molecule has 0 atom stereocenters. The largest absolute Gasteiger partial charge is 0.508 e. The Morgan fingerprint density at radius 1 is 1.37 bits per heavy atom. The van der Waals surface area contributed by atoms with E-state index < -0.39 is 16.7 Å². The minimum Gasteiger partial charge on any atom is -0.508 e. The highest BCUT2D eigenvalue weighted by atomic mass is 35.5. The Labute approximate surface area is 111 Å². The Balaban J connectivity index is 2.18. The molecular formula is C11H7ClN2O5. The van der Waals surface area contributed by atoms with Gasteiger partial charge in [-0.05, 0) is 18.2 Å². The number of halogens is 1. The average molecular weight is 283 g/mol. The number of amides is 1. The van der Waals surface area contributed by atoms with Gasteiger partial charge in [-0.3, -0.25) is 14.9 Å². The molecule has 8 heteroatoms. The van der Waals surface area contributed by atoms with Crippen LogP contribution in [0.3, 0.4) is 0 Å². The van der Waals surface area contributed by atoms with Gasteiger partial charge in [-0.15, -0.1) is 0 Å². The minimum atomic E-state index is -0.746. The molecule has 0 aliphatic rings. The lowest BCUT2D eigenvalue weighted by Gasteiger charge is -2.05. The topological polar surface area (TPSA) is 106 Å². The lowest BCUT2D eigenvalue weighted by atomic mass is 10.3. The Bertz CT molecular complexity index is 652. The van der Waals surface area contributed by atoms with Gasteiger partial charge in [-0.1, -0.05) is 11.6 Å². The fourth-order valence-corrected chi connectivity index (χ4v) is 1.56. The molecule has 1 aromatic carbocycles. The number of furan rings is 1. The molecule has 1 aromatic heterocycles. The summed E-state index contributed by atoms with van der Waals surface area (Å²) in [4.78, 5) is 21.4. The number of benzene rings is 1. The van der Waals surface area contributed by atoms with Crippen LogP contribution in [0.1, 0.15) is 10.6 Å². The van der Waals surface area contributed by atoms with Gasteiger partial charge in [0.05, 0.1) is 16.8 Å². The number of nitrogens with zero attached hydrogens (tertiary/aromatic N) is 1. The molecule has 0 bridgehead atoms. The fraction of sp³-hybridized carbons (Fsp3) is 0. The number of carbonyl (C=O) groups excluding carboxylic acids is 1. The number of nitro groups is 1. The zero-order valence-corrected chi connectivity index (χ0v) is 10.0. The highest BCUT2D eigenvalue weighted by Gasteiger charge is 2.18. The third kappa shape index (κ3) is 2.83. The molecule has 7 nitrogen and oxygen atoms in total.